The first-order valence-corrected chi connectivity index (χ1v) is 10.2. The van der Waals surface area contributed by atoms with E-state index in [0.29, 0.717) is 51.2 Å². The van der Waals surface area contributed by atoms with Gasteiger partial charge < -0.3 is 14.3 Å². The van der Waals surface area contributed by atoms with Gasteiger partial charge in [-0.2, -0.15) is 5.10 Å². The molecule has 0 aliphatic heterocycles. The highest BCUT2D eigenvalue weighted by atomic mass is 35.5. The van der Waals surface area contributed by atoms with Crippen molar-refractivity contribution < 1.29 is 19.1 Å². The number of benzene rings is 1. The number of hydrogen-bond donors (Lipinski definition) is 1. The molecular weight excluding hydrogens is 422 g/mol. The van der Waals surface area contributed by atoms with Crippen molar-refractivity contribution in [3.63, 3.8) is 0 Å². The van der Waals surface area contributed by atoms with Gasteiger partial charge in [0.2, 0.25) is 0 Å². The Labute approximate surface area is 182 Å². The van der Waals surface area contributed by atoms with Crippen molar-refractivity contribution in [1.29, 1.82) is 0 Å². The molecule has 8 nitrogen and oxygen atoms in total. The second-order valence-electron chi connectivity index (χ2n) is 7.09. The number of esters is 1. The van der Waals surface area contributed by atoms with Crippen LogP contribution in [0.4, 0.5) is 0 Å². The van der Waals surface area contributed by atoms with Crippen molar-refractivity contribution in [2.45, 2.75) is 33.4 Å². The fourth-order valence-electron chi connectivity index (χ4n) is 3.48. The maximum Gasteiger partial charge on any atom is 0.340 e. The van der Waals surface area contributed by atoms with Gasteiger partial charge in [-0.05, 0) is 37.1 Å². The lowest BCUT2D eigenvalue weighted by molar-refractivity contribution is 0.0473. The minimum atomic E-state index is -0.582. The number of aromatic nitrogens is 3. The van der Waals surface area contributed by atoms with Gasteiger partial charge in [0, 0.05) is 33.6 Å². The first kappa shape index (κ1) is 21.0. The second-order valence-corrected chi connectivity index (χ2v) is 7.49. The molecule has 0 spiro atoms. The highest BCUT2D eigenvalue weighted by molar-refractivity contribution is 6.32. The summed E-state index contributed by atoms with van der Waals surface area (Å²) in [6.45, 7) is 3.88. The zero-order valence-electron chi connectivity index (χ0n) is 17.0. The van der Waals surface area contributed by atoms with Crippen LogP contribution >= 0.6 is 11.6 Å². The van der Waals surface area contributed by atoms with E-state index in [1.165, 1.54) is 12.3 Å². The molecule has 0 fully saturated rings. The lowest BCUT2D eigenvalue weighted by Gasteiger charge is -2.09. The average Bonchev–Trinajstić information content (AvgIpc) is 3.06. The first-order valence-electron chi connectivity index (χ1n) is 9.77. The number of aliphatic hydroxyl groups excluding tert-OH is 1. The van der Waals surface area contributed by atoms with Gasteiger partial charge in [0.05, 0.1) is 24.4 Å². The Morgan fingerprint density at radius 3 is 2.77 bits per heavy atom. The standard InChI is InChI=1S/C22H20ClN3O5/c1-3-13-7-19-17(9-18(13)23)15(8-20(28)31-19)11-30-22(29)14-6-16-12(2)25-26(4-5-27)21(16)24-10-14/h6-10,27H,3-5,11H2,1-2H3. The molecule has 1 aromatic carbocycles. The molecule has 31 heavy (non-hydrogen) atoms. The van der Waals surface area contributed by atoms with E-state index in [4.69, 9.17) is 25.9 Å². The fraction of sp³-hybridized carbons (Fsp3) is 0.273. The van der Waals surface area contributed by atoms with Crippen LogP contribution in [0, 0.1) is 6.92 Å². The van der Waals surface area contributed by atoms with Gasteiger partial charge in [-0.15, -0.1) is 0 Å². The molecule has 0 aliphatic carbocycles. The second kappa shape index (κ2) is 8.49. The lowest BCUT2D eigenvalue weighted by Crippen LogP contribution is -2.09. The zero-order chi connectivity index (χ0) is 22.1. The van der Waals surface area contributed by atoms with Gasteiger partial charge in [0.15, 0.2) is 5.65 Å². The van der Waals surface area contributed by atoms with Gasteiger partial charge in [-0.3, -0.25) is 0 Å². The Hall–Kier alpha value is -3.23. The minimum Gasteiger partial charge on any atom is -0.457 e. The van der Waals surface area contributed by atoms with E-state index < -0.39 is 11.6 Å². The van der Waals surface area contributed by atoms with Crippen molar-refractivity contribution in [2.24, 2.45) is 0 Å². The number of fused-ring (bicyclic) bond motifs is 2. The van der Waals surface area contributed by atoms with Gasteiger partial charge >= 0.3 is 11.6 Å². The maximum absolute atomic E-state index is 12.6. The first-order chi connectivity index (χ1) is 14.9. The smallest absolute Gasteiger partial charge is 0.340 e. The van der Waals surface area contributed by atoms with Crippen molar-refractivity contribution in [3.8, 4) is 0 Å². The van der Waals surface area contributed by atoms with Crippen LogP contribution < -0.4 is 5.63 Å². The van der Waals surface area contributed by atoms with E-state index in [2.05, 4.69) is 10.1 Å². The lowest BCUT2D eigenvalue weighted by atomic mass is 10.1. The summed E-state index contributed by atoms with van der Waals surface area (Å²) in [4.78, 5) is 28.9. The van der Waals surface area contributed by atoms with Crippen molar-refractivity contribution >= 4 is 39.6 Å². The number of rotatable bonds is 6. The summed E-state index contributed by atoms with van der Waals surface area (Å²) in [5.74, 6) is -0.582. The molecule has 0 saturated heterocycles. The zero-order valence-corrected chi connectivity index (χ0v) is 17.8. The molecule has 4 rings (SSSR count). The Bertz CT molecular complexity index is 1360. The predicted octanol–water partition coefficient (Wildman–Crippen LogP) is 3.41. The van der Waals surface area contributed by atoms with Gasteiger partial charge in [-0.25, -0.2) is 19.3 Å². The van der Waals surface area contributed by atoms with Crippen LogP contribution in [0.25, 0.3) is 22.0 Å². The van der Waals surface area contributed by atoms with E-state index in [1.807, 2.05) is 6.92 Å². The molecule has 3 heterocycles. The van der Waals surface area contributed by atoms with Crippen LogP contribution in [0.15, 0.2) is 39.7 Å². The molecule has 0 bridgehead atoms. The molecule has 0 atom stereocenters. The predicted molar refractivity (Wildman–Crippen MR) is 115 cm³/mol. The Kier molecular flexibility index (Phi) is 5.75. The summed E-state index contributed by atoms with van der Waals surface area (Å²) >= 11 is 6.31. The van der Waals surface area contributed by atoms with Crippen LogP contribution in [0.3, 0.4) is 0 Å². The van der Waals surface area contributed by atoms with Crippen molar-refractivity contribution in [1.82, 2.24) is 14.8 Å². The number of aliphatic hydroxyl groups is 1. The number of ether oxygens (including phenoxy) is 1. The monoisotopic (exact) mass is 441 g/mol. The van der Waals surface area contributed by atoms with Gasteiger partial charge in [0.25, 0.3) is 0 Å². The number of carbonyl (C=O) groups excluding carboxylic acids is 1. The van der Waals surface area contributed by atoms with Gasteiger partial charge in [0.1, 0.15) is 12.2 Å². The highest BCUT2D eigenvalue weighted by Crippen LogP contribution is 2.27. The summed E-state index contributed by atoms with van der Waals surface area (Å²) < 4.78 is 12.3. The van der Waals surface area contributed by atoms with E-state index in [9.17, 15) is 9.59 Å². The van der Waals surface area contributed by atoms with Crippen LogP contribution in [-0.2, 0) is 24.3 Å². The van der Waals surface area contributed by atoms with E-state index in [0.717, 1.165) is 5.56 Å². The minimum absolute atomic E-state index is 0.0650. The SMILES string of the molecule is CCc1cc2oc(=O)cc(COC(=O)c3cnc4c(c3)c(C)nn4CCO)c2cc1Cl. The molecular formula is C22H20ClN3O5. The average molecular weight is 442 g/mol. The largest absolute Gasteiger partial charge is 0.457 e. The van der Waals surface area contributed by atoms with Crippen molar-refractivity contribution in [2.75, 3.05) is 6.61 Å². The van der Waals surface area contributed by atoms with E-state index >= 15 is 0 Å². The third-order valence-electron chi connectivity index (χ3n) is 5.06. The van der Waals surface area contributed by atoms with Crippen LogP contribution in [0.5, 0.6) is 0 Å². The molecule has 3 aromatic heterocycles. The number of pyridine rings is 1. The molecule has 9 heteroatoms. The number of carbonyl (C=O) groups is 1. The molecule has 0 saturated carbocycles. The number of halogens is 1. The molecule has 4 aromatic rings. The molecule has 0 radical (unpaired) electrons. The van der Waals surface area contributed by atoms with E-state index in [-0.39, 0.29) is 18.8 Å². The fourth-order valence-corrected chi connectivity index (χ4v) is 3.78. The number of nitrogens with zero attached hydrogens (tertiary/aromatic N) is 3. The molecule has 0 amide bonds. The van der Waals surface area contributed by atoms with E-state index in [1.54, 1.807) is 29.8 Å². The molecule has 0 unspecified atom stereocenters. The summed E-state index contributed by atoms with van der Waals surface area (Å²) in [6, 6.07) is 6.40. The summed E-state index contributed by atoms with van der Waals surface area (Å²) in [5, 5.41) is 15.3. The quantitative estimate of drug-likeness (QED) is 0.361. The Morgan fingerprint density at radius 2 is 2.03 bits per heavy atom. The highest BCUT2D eigenvalue weighted by Gasteiger charge is 2.16. The van der Waals surface area contributed by atoms with Crippen LogP contribution in [-0.4, -0.2) is 32.4 Å². The van der Waals surface area contributed by atoms with Crippen LogP contribution in [0.2, 0.25) is 5.02 Å². The summed E-state index contributed by atoms with van der Waals surface area (Å²) in [5.41, 5.74) is 2.77. The number of hydrogen-bond acceptors (Lipinski definition) is 7. The summed E-state index contributed by atoms with van der Waals surface area (Å²) in [6.07, 6.45) is 2.10. The third kappa shape index (κ3) is 4.04. The maximum atomic E-state index is 12.6. The number of aryl methyl sites for hydroxylation is 2. The third-order valence-corrected chi connectivity index (χ3v) is 5.41. The Morgan fingerprint density at radius 1 is 1.23 bits per heavy atom. The molecule has 160 valence electrons. The molecule has 0 aliphatic rings. The summed E-state index contributed by atoms with van der Waals surface area (Å²) in [7, 11) is 0. The van der Waals surface area contributed by atoms with Crippen LogP contribution in [0.1, 0.15) is 34.1 Å². The topological polar surface area (TPSA) is 107 Å². The Balaban J connectivity index is 1.61. The normalized spacial score (nSPS) is 11.4. The molecule has 1 N–H and O–H groups in total. The van der Waals surface area contributed by atoms with Gasteiger partial charge in [-0.1, -0.05) is 18.5 Å². The van der Waals surface area contributed by atoms with Crippen molar-refractivity contribution in [3.05, 3.63) is 68.3 Å².